The molecule has 0 aromatic carbocycles. The summed E-state index contributed by atoms with van der Waals surface area (Å²) in [5.41, 5.74) is 0. The molecule has 55 valence electrons. The van der Waals surface area contributed by atoms with Gasteiger partial charge in [0.15, 0.2) is 0 Å². The molecule has 1 unspecified atom stereocenters. The Morgan fingerprint density at radius 2 is 2.50 bits per heavy atom. The van der Waals surface area contributed by atoms with Crippen molar-refractivity contribution in [1.82, 2.24) is 0 Å². The summed E-state index contributed by atoms with van der Waals surface area (Å²) in [4.78, 5) is 1.40. The van der Waals surface area contributed by atoms with Crippen LogP contribution in [0.4, 0.5) is 0 Å². The molecule has 0 saturated heterocycles. The van der Waals surface area contributed by atoms with Gasteiger partial charge in [-0.2, -0.15) is 0 Å². The molecule has 0 aliphatic rings. The normalized spacial score (nSPS) is 13.4. The van der Waals surface area contributed by atoms with Gasteiger partial charge in [-0.15, -0.1) is 11.3 Å². The van der Waals surface area contributed by atoms with Crippen LogP contribution in [0.2, 0.25) is 0 Å². The van der Waals surface area contributed by atoms with Gasteiger partial charge in [-0.1, -0.05) is 20.3 Å². The molecule has 0 aliphatic carbocycles. The van der Waals surface area contributed by atoms with E-state index in [2.05, 4.69) is 25.3 Å². The molecule has 1 atom stereocenters. The molecule has 0 amide bonds. The highest BCUT2D eigenvalue weighted by atomic mass is 32.1. The van der Waals surface area contributed by atoms with Gasteiger partial charge in [0.1, 0.15) is 0 Å². The van der Waals surface area contributed by atoms with Crippen LogP contribution in [-0.4, -0.2) is 0 Å². The molecule has 1 aromatic heterocycles. The van der Waals surface area contributed by atoms with Crippen LogP contribution < -0.4 is 0 Å². The Bertz CT molecular complexity index is 165. The molecule has 1 aromatic rings. The van der Waals surface area contributed by atoms with Gasteiger partial charge in [0.25, 0.3) is 0 Å². The minimum absolute atomic E-state index is 0.713. The first-order valence-corrected chi connectivity index (χ1v) is 4.67. The van der Waals surface area contributed by atoms with Gasteiger partial charge >= 0.3 is 0 Å². The highest BCUT2D eigenvalue weighted by Gasteiger charge is 2.03. The third-order valence-corrected chi connectivity index (χ3v) is 2.70. The van der Waals surface area contributed by atoms with Crippen molar-refractivity contribution in [2.75, 3.05) is 0 Å². The second-order valence-corrected chi connectivity index (χ2v) is 3.57. The predicted molar refractivity (Wildman–Crippen MR) is 46.5 cm³/mol. The topological polar surface area (TPSA) is 0 Å². The Morgan fingerprint density at radius 3 is 3.00 bits per heavy atom. The van der Waals surface area contributed by atoms with Crippen LogP contribution >= 0.6 is 11.3 Å². The first-order valence-electron chi connectivity index (χ1n) is 3.79. The lowest BCUT2D eigenvalue weighted by molar-refractivity contribution is 0.674. The van der Waals surface area contributed by atoms with E-state index in [0.29, 0.717) is 5.92 Å². The Labute approximate surface area is 66.9 Å². The van der Waals surface area contributed by atoms with E-state index in [1.165, 1.54) is 17.7 Å². The van der Waals surface area contributed by atoms with Crippen molar-refractivity contribution in [2.24, 2.45) is 0 Å². The summed E-state index contributed by atoms with van der Waals surface area (Å²) in [5.74, 6) is 0.713. The lowest BCUT2D eigenvalue weighted by Gasteiger charge is -2.04. The summed E-state index contributed by atoms with van der Waals surface area (Å²) in [7, 11) is 0. The van der Waals surface area contributed by atoms with E-state index in [0.717, 1.165) is 0 Å². The van der Waals surface area contributed by atoms with Gasteiger partial charge in [-0.05, 0) is 29.9 Å². The van der Waals surface area contributed by atoms with Gasteiger partial charge in [0, 0.05) is 4.88 Å². The fraction of sp³-hybridized carbons (Fsp3) is 0.556. The third kappa shape index (κ3) is 1.84. The molecule has 0 aliphatic heterocycles. The second kappa shape index (κ2) is 3.77. The van der Waals surface area contributed by atoms with Crippen LogP contribution in [0.25, 0.3) is 0 Å². The maximum Gasteiger partial charge on any atom is 0.0152 e. The summed E-state index contributed by atoms with van der Waals surface area (Å²) in [6.07, 6.45) is 2.56. The molecule has 0 N–H and O–H groups in total. The van der Waals surface area contributed by atoms with Crippen molar-refractivity contribution in [3.63, 3.8) is 0 Å². The van der Waals surface area contributed by atoms with Crippen molar-refractivity contribution in [1.29, 1.82) is 0 Å². The summed E-state index contributed by atoms with van der Waals surface area (Å²) < 4.78 is 0. The molecule has 1 radical (unpaired) electrons. The molecule has 1 rings (SSSR count). The zero-order valence-corrected chi connectivity index (χ0v) is 7.37. The van der Waals surface area contributed by atoms with Gasteiger partial charge in [-0.25, -0.2) is 0 Å². The number of thiophene rings is 1. The summed E-state index contributed by atoms with van der Waals surface area (Å²) in [6.45, 7) is 4.50. The van der Waals surface area contributed by atoms with Gasteiger partial charge in [0.05, 0.1) is 0 Å². The molecule has 1 heterocycles. The Morgan fingerprint density at radius 1 is 1.70 bits per heavy atom. The van der Waals surface area contributed by atoms with E-state index in [9.17, 15) is 0 Å². The molecule has 1 heteroatoms. The number of hydrogen-bond donors (Lipinski definition) is 0. The lowest BCUT2D eigenvalue weighted by Crippen LogP contribution is -1.87. The van der Waals surface area contributed by atoms with Crippen molar-refractivity contribution in [2.45, 2.75) is 32.6 Å². The number of hydrogen-bond acceptors (Lipinski definition) is 1. The summed E-state index contributed by atoms with van der Waals surface area (Å²) in [5, 5.41) is 2.10. The smallest absolute Gasteiger partial charge is 0.0152 e. The molecule has 10 heavy (non-hydrogen) atoms. The van der Waals surface area contributed by atoms with Crippen LogP contribution in [0.5, 0.6) is 0 Å². The molecule has 0 fully saturated rings. The Kier molecular flexibility index (Phi) is 2.94. The van der Waals surface area contributed by atoms with Crippen LogP contribution in [0.15, 0.2) is 11.4 Å². The number of rotatable bonds is 3. The maximum atomic E-state index is 3.24. The minimum Gasteiger partial charge on any atom is -0.148 e. The average Bonchev–Trinajstić information content (AvgIpc) is 2.38. The van der Waals surface area contributed by atoms with Crippen molar-refractivity contribution in [3.8, 4) is 0 Å². The fourth-order valence-corrected chi connectivity index (χ4v) is 1.85. The van der Waals surface area contributed by atoms with Crippen molar-refractivity contribution < 1.29 is 0 Å². The second-order valence-electron chi connectivity index (χ2n) is 2.62. The van der Waals surface area contributed by atoms with E-state index in [1.54, 1.807) is 0 Å². The quantitative estimate of drug-likeness (QED) is 0.624. The molecular formula is C9H13S. The zero-order chi connectivity index (χ0) is 7.40. The lowest BCUT2D eigenvalue weighted by atomic mass is 10.1. The average molecular weight is 153 g/mol. The van der Waals surface area contributed by atoms with Gasteiger partial charge in [-0.3, -0.25) is 0 Å². The highest BCUT2D eigenvalue weighted by Crippen LogP contribution is 2.23. The minimum atomic E-state index is 0.713. The molecular weight excluding hydrogens is 140 g/mol. The summed E-state index contributed by atoms with van der Waals surface area (Å²) >= 11 is 1.82. The third-order valence-electron chi connectivity index (χ3n) is 1.66. The van der Waals surface area contributed by atoms with Gasteiger partial charge in [0.2, 0.25) is 0 Å². The monoisotopic (exact) mass is 153 g/mol. The Balaban J connectivity index is 2.50. The van der Waals surface area contributed by atoms with Crippen molar-refractivity contribution in [3.05, 3.63) is 22.4 Å². The largest absolute Gasteiger partial charge is 0.148 e. The standard InChI is InChI=1S/C9H13S/c1-3-5-8(2)9-6-4-7-10-9/h4,7-8H,3,5H2,1-2H3. The molecule has 0 nitrogen and oxygen atoms in total. The van der Waals surface area contributed by atoms with Crippen LogP contribution in [0, 0.1) is 6.07 Å². The van der Waals surface area contributed by atoms with E-state index in [1.807, 2.05) is 17.4 Å². The highest BCUT2D eigenvalue weighted by molar-refractivity contribution is 7.09. The predicted octanol–water partition coefficient (Wildman–Crippen LogP) is 3.45. The van der Waals surface area contributed by atoms with Crippen molar-refractivity contribution >= 4 is 11.3 Å². The summed E-state index contributed by atoms with van der Waals surface area (Å²) in [6, 6.07) is 5.25. The zero-order valence-electron chi connectivity index (χ0n) is 6.55. The SMILES string of the molecule is CCCC(C)c1[c]ccs1. The van der Waals surface area contributed by atoms with Crippen LogP contribution in [0.1, 0.15) is 37.5 Å². The fourth-order valence-electron chi connectivity index (χ4n) is 1.08. The maximum absolute atomic E-state index is 3.24. The van der Waals surface area contributed by atoms with E-state index < -0.39 is 0 Å². The van der Waals surface area contributed by atoms with E-state index in [-0.39, 0.29) is 0 Å². The van der Waals surface area contributed by atoms with E-state index in [4.69, 9.17) is 0 Å². The van der Waals surface area contributed by atoms with Crippen LogP contribution in [0.3, 0.4) is 0 Å². The molecule has 0 saturated carbocycles. The van der Waals surface area contributed by atoms with E-state index >= 15 is 0 Å². The molecule has 0 bridgehead atoms. The Hall–Kier alpha value is -0.300. The first-order chi connectivity index (χ1) is 4.84. The first kappa shape index (κ1) is 7.80. The molecule has 0 spiro atoms. The van der Waals surface area contributed by atoms with Crippen LogP contribution in [-0.2, 0) is 0 Å². The van der Waals surface area contributed by atoms with Gasteiger partial charge < -0.3 is 0 Å².